The Morgan fingerprint density at radius 2 is 1.93 bits per heavy atom. The summed E-state index contributed by atoms with van der Waals surface area (Å²) < 4.78 is 7.50. The molecule has 8 heteroatoms. The maximum absolute atomic E-state index is 12.7. The third kappa shape index (κ3) is 5.30. The van der Waals surface area contributed by atoms with Crippen molar-refractivity contribution in [3.63, 3.8) is 0 Å². The molecule has 1 aromatic carbocycles. The van der Waals surface area contributed by atoms with Crippen molar-refractivity contribution in [1.82, 2.24) is 15.1 Å². The third-order valence-electron chi connectivity index (χ3n) is 4.58. The monoisotopic (exact) mass is 428 g/mol. The molecule has 0 aliphatic heterocycles. The topological polar surface area (TPSA) is 89.2 Å². The van der Waals surface area contributed by atoms with Crippen molar-refractivity contribution in [3.8, 4) is 0 Å². The Bertz CT molecular complexity index is 1050. The number of nitrogens with one attached hydrogen (secondary N) is 2. The molecule has 0 spiro atoms. The maximum atomic E-state index is 12.7. The lowest BCUT2D eigenvalue weighted by Gasteiger charge is -2.11. The Morgan fingerprint density at radius 3 is 2.63 bits per heavy atom. The van der Waals surface area contributed by atoms with Crippen LogP contribution in [0.2, 0.25) is 5.02 Å². The number of carbonyl (C=O) groups is 2. The summed E-state index contributed by atoms with van der Waals surface area (Å²) in [5.74, 6) is 0.0317. The smallest absolute Gasteiger partial charge is 0.291 e. The van der Waals surface area contributed by atoms with Gasteiger partial charge >= 0.3 is 0 Å². The zero-order valence-electron chi connectivity index (χ0n) is 17.3. The zero-order chi connectivity index (χ0) is 21.7. The molecule has 2 N–H and O–H groups in total. The first-order valence-electron chi connectivity index (χ1n) is 9.86. The number of nitrogens with zero attached hydrogens (tertiary/aromatic N) is 2. The average molecular weight is 429 g/mol. The van der Waals surface area contributed by atoms with E-state index in [-0.39, 0.29) is 11.7 Å². The van der Waals surface area contributed by atoms with E-state index in [2.05, 4.69) is 15.7 Å². The lowest BCUT2D eigenvalue weighted by molar-refractivity contribution is 0.0954. The highest BCUT2D eigenvalue weighted by Crippen LogP contribution is 2.22. The number of hydrogen-bond acceptors (Lipinski definition) is 4. The van der Waals surface area contributed by atoms with Crippen molar-refractivity contribution >= 4 is 29.1 Å². The first kappa shape index (κ1) is 21.6. The number of aromatic nitrogens is 2. The molecule has 2 amide bonds. The first-order chi connectivity index (χ1) is 14.4. The standard InChI is InChI=1S/C22H25ClN4O3/c1-4-5-10-24-21(28)18-12-16(23)6-8-19(18)25-22(29)20-9-7-17(30-20)13-27-15(3)11-14(2)26-27/h6-9,11-12H,4-5,10,13H2,1-3H3,(H,24,28)(H,25,29). The zero-order valence-corrected chi connectivity index (χ0v) is 18.0. The van der Waals surface area contributed by atoms with Gasteiger partial charge in [0.1, 0.15) is 5.76 Å². The van der Waals surface area contributed by atoms with Crippen LogP contribution in [0.5, 0.6) is 0 Å². The van der Waals surface area contributed by atoms with Crippen molar-refractivity contribution in [2.45, 2.75) is 40.2 Å². The first-order valence-corrected chi connectivity index (χ1v) is 10.2. The molecule has 0 bridgehead atoms. The summed E-state index contributed by atoms with van der Waals surface area (Å²) in [6.07, 6.45) is 1.84. The van der Waals surface area contributed by atoms with Gasteiger partial charge in [-0.1, -0.05) is 24.9 Å². The van der Waals surface area contributed by atoms with Crippen molar-refractivity contribution in [1.29, 1.82) is 0 Å². The number of amides is 2. The SMILES string of the molecule is CCCCNC(=O)c1cc(Cl)ccc1NC(=O)c1ccc(Cn2nc(C)cc2C)o1. The molecule has 0 aliphatic carbocycles. The molecule has 3 rings (SSSR count). The maximum Gasteiger partial charge on any atom is 0.291 e. The number of unbranched alkanes of at least 4 members (excludes halogenated alkanes) is 1. The Morgan fingerprint density at radius 1 is 1.13 bits per heavy atom. The van der Waals surface area contributed by atoms with E-state index in [1.165, 1.54) is 6.07 Å². The molecule has 2 heterocycles. The van der Waals surface area contributed by atoms with Crippen molar-refractivity contribution < 1.29 is 14.0 Å². The molecule has 30 heavy (non-hydrogen) atoms. The highest BCUT2D eigenvalue weighted by molar-refractivity contribution is 6.31. The van der Waals surface area contributed by atoms with Crippen LogP contribution in [0, 0.1) is 13.8 Å². The van der Waals surface area contributed by atoms with Gasteiger partial charge in [0.05, 0.1) is 23.5 Å². The van der Waals surface area contributed by atoms with E-state index < -0.39 is 5.91 Å². The summed E-state index contributed by atoms with van der Waals surface area (Å²) in [6, 6.07) is 10.1. The van der Waals surface area contributed by atoms with Crippen LogP contribution >= 0.6 is 11.6 Å². The lowest BCUT2D eigenvalue weighted by Crippen LogP contribution is -2.26. The Balaban J connectivity index is 1.72. The predicted octanol–water partition coefficient (Wildman–Crippen LogP) is 4.58. The van der Waals surface area contributed by atoms with E-state index in [1.54, 1.807) is 24.3 Å². The summed E-state index contributed by atoms with van der Waals surface area (Å²) in [7, 11) is 0. The molecule has 0 radical (unpaired) electrons. The number of carbonyl (C=O) groups excluding carboxylic acids is 2. The van der Waals surface area contributed by atoms with Crippen LogP contribution in [0.1, 0.15) is 57.8 Å². The second-order valence-electron chi connectivity index (χ2n) is 7.10. The van der Waals surface area contributed by atoms with Gasteiger partial charge in [0, 0.05) is 17.3 Å². The van der Waals surface area contributed by atoms with E-state index in [4.69, 9.17) is 16.0 Å². The van der Waals surface area contributed by atoms with Crippen LogP contribution < -0.4 is 10.6 Å². The Hall–Kier alpha value is -3.06. The predicted molar refractivity (Wildman–Crippen MR) is 116 cm³/mol. The highest BCUT2D eigenvalue weighted by Gasteiger charge is 2.17. The quantitative estimate of drug-likeness (QED) is 0.514. The number of rotatable bonds is 8. The van der Waals surface area contributed by atoms with Crippen LogP contribution in [0.3, 0.4) is 0 Å². The number of halogens is 1. The molecular weight excluding hydrogens is 404 g/mol. The molecule has 0 saturated carbocycles. The largest absolute Gasteiger partial charge is 0.454 e. The lowest BCUT2D eigenvalue weighted by atomic mass is 10.1. The van der Waals surface area contributed by atoms with Crippen LogP contribution in [-0.2, 0) is 6.54 Å². The van der Waals surface area contributed by atoms with E-state index in [0.717, 1.165) is 24.2 Å². The van der Waals surface area contributed by atoms with Crippen molar-refractivity contribution in [2.75, 3.05) is 11.9 Å². The molecule has 0 unspecified atom stereocenters. The number of furan rings is 1. The summed E-state index contributed by atoms with van der Waals surface area (Å²) >= 11 is 6.05. The summed E-state index contributed by atoms with van der Waals surface area (Å²) in [4.78, 5) is 25.2. The minimum absolute atomic E-state index is 0.152. The summed E-state index contributed by atoms with van der Waals surface area (Å²) in [5, 5.41) is 10.4. The van der Waals surface area contributed by atoms with E-state index in [1.807, 2.05) is 31.5 Å². The van der Waals surface area contributed by atoms with Crippen LogP contribution in [0.15, 0.2) is 40.8 Å². The molecular formula is C22H25ClN4O3. The van der Waals surface area contributed by atoms with Gasteiger partial charge < -0.3 is 15.1 Å². The van der Waals surface area contributed by atoms with Gasteiger partial charge in [0.2, 0.25) is 0 Å². The summed E-state index contributed by atoms with van der Waals surface area (Å²) in [5.41, 5.74) is 2.61. The molecule has 0 aliphatic rings. The Kier molecular flexibility index (Phi) is 6.95. The molecule has 7 nitrogen and oxygen atoms in total. The number of benzene rings is 1. The Labute approximate surface area is 180 Å². The minimum atomic E-state index is -0.445. The normalized spacial score (nSPS) is 10.8. The van der Waals surface area contributed by atoms with Gasteiger partial charge in [-0.15, -0.1) is 0 Å². The third-order valence-corrected chi connectivity index (χ3v) is 4.82. The second kappa shape index (κ2) is 9.63. The van der Waals surface area contributed by atoms with Gasteiger partial charge in [0.15, 0.2) is 5.76 Å². The highest BCUT2D eigenvalue weighted by atomic mass is 35.5. The van der Waals surface area contributed by atoms with Gasteiger partial charge in [0.25, 0.3) is 11.8 Å². The van der Waals surface area contributed by atoms with Crippen LogP contribution in [-0.4, -0.2) is 28.1 Å². The van der Waals surface area contributed by atoms with Crippen LogP contribution in [0.25, 0.3) is 0 Å². The van der Waals surface area contributed by atoms with E-state index >= 15 is 0 Å². The molecule has 158 valence electrons. The minimum Gasteiger partial charge on any atom is -0.454 e. The summed E-state index contributed by atoms with van der Waals surface area (Å²) in [6.45, 7) is 6.92. The van der Waals surface area contributed by atoms with Crippen molar-refractivity contribution in [2.24, 2.45) is 0 Å². The van der Waals surface area contributed by atoms with Gasteiger partial charge in [-0.25, -0.2) is 0 Å². The van der Waals surface area contributed by atoms with E-state index in [0.29, 0.717) is 35.1 Å². The number of aryl methyl sites for hydroxylation is 2. The fourth-order valence-electron chi connectivity index (χ4n) is 3.04. The fraction of sp³-hybridized carbons (Fsp3) is 0.318. The molecule has 3 aromatic rings. The number of hydrogen-bond donors (Lipinski definition) is 2. The van der Waals surface area contributed by atoms with E-state index in [9.17, 15) is 9.59 Å². The van der Waals surface area contributed by atoms with Gasteiger partial charge in [-0.05, 0) is 56.7 Å². The fourth-order valence-corrected chi connectivity index (χ4v) is 3.21. The number of anilines is 1. The van der Waals surface area contributed by atoms with Crippen molar-refractivity contribution in [3.05, 3.63) is 69.9 Å². The molecule has 2 aromatic heterocycles. The molecule has 0 atom stereocenters. The van der Waals surface area contributed by atoms with Gasteiger partial charge in [-0.2, -0.15) is 5.10 Å². The molecule has 0 saturated heterocycles. The molecule has 0 fully saturated rings. The second-order valence-corrected chi connectivity index (χ2v) is 7.54. The van der Waals surface area contributed by atoms with Crippen LogP contribution in [0.4, 0.5) is 5.69 Å². The van der Waals surface area contributed by atoms with Gasteiger partial charge in [-0.3, -0.25) is 14.3 Å². The average Bonchev–Trinajstić information content (AvgIpc) is 3.29.